The Morgan fingerprint density at radius 2 is 2.15 bits per heavy atom. The summed E-state index contributed by atoms with van der Waals surface area (Å²) in [5, 5.41) is 8.79. The van der Waals surface area contributed by atoms with Crippen LogP contribution >= 0.6 is 11.6 Å². The van der Waals surface area contributed by atoms with Crippen molar-refractivity contribution in [3.63, 3.8) is 0 Å². The summed E-state index contributed by atoms with van der Waals surface area (Å²) in [6, 6.07) is 7.54. The van der Waals surface area contributed by atoms with Gasteiger partial charge >= 0.3 is 0 Å². The predicted molar refractivity (Wildman–Crippen MR) is 98.8 cm³/mol. The van der Waals surface area contributed by atoms with Crippen LogP contribution < -0.4 is 0 Å². The third kappa shape index (κ3) is 4.11. The van der Waals surface area contributed by atoms with Gasteiger partial charge in [-0.05, 0) is 31.5 Å². The third-order valence-electron chi connectivity index (χ3n) is 4.11. The molecule has 0 atom stereocenters. The molecule has 0 aliphatic rings. The van der Waals surface area contributed by atoms with E-state index >= 15 is 0 Å². The molecule has 0 bridgehead atoms. The van der Waals surface area contributed by atoms with Crippen LogP contribution in [-0.4, -0.2) is 41.4 Å². The van der Waals surface area contributed by atoms with Gasteiger partial charge in [-0.15, -0.1) is 5.10 Å². The maximum Gasteiger partial charge on any atom is 0.276 e. The van der Waals surface area contributed by atoms with Gasteiger partial charge in [0.15, 0.2) is 5.69 Å². The van der Waals surface area contributed by atoms with E-state index in [1.54, 1.807) is 22.0 Å². The average molecular weight is 373 g/mol. The van der Waals surface area contributed by atoms with E-state index in [0.29, 0.717) is 23.8 Å². The normalized spacial score (nSPS) is 11.1. The summed E-state index contributed by atoms with van der Waals surface area (Å²) in [6.07, 6.45) is 5.25. The Hall–Kier alpha value is -2.67. The van der Waals surface area contributed by atoms with Crippen LogP contribution in [0.4, 0.5) is 0 Å². The van der Waals surface area contributed by atoms with Crippen molar-refractivity contribution in [3.8, 4) is 0 Å². The van der Waals surface area contributed by atoms with Gasteiger partial charge in [0.2, 0.25) is 0 Å². The number of rotatable bonds is 6. The van der Waals surface area contributed by atoms with E-state index in [9.17, 15) is 4.79 Å². The number of benzene rings is 1. The van der Waals surface area contributed by atoms with E-state index < -0.39 is 0 Å². The van der Waals surface area contributed by atoms with Crippen LogP contribution in [0.3, 0.4) is 0 Å². The lowest BCUT2D eigenvalue weighted by molar-refractivity contribution is 0.0677. The van der Waals surface area contributed by atoms with Crippen molar-refractivity contribution in [1.82, 2.24) is 29.4 Å². The monoisotopic (exact) mass is 372 g/mol. The van der Waals surface area contributed by atoms with E-state index in [-0.39, 0.29) is 11.9 Å². The Morgan fingerprint density at radius 3 is 2.81 bits per heavy atom. The van der Waals surface area contributed by atoms with Gasteiger partial charge in [0.05, 0.1) is 19.3 Å². The van der Waals surface area contributed by atoms with Crippen molar-refractivity contribution in [1.29, 1.82) is 0 Å². The molecule has 0 aliphatic heterocycles. The fraction of sp³-hybridized carbons (Fsp3) is 0.333. The number of hydrogen-bond acceptors (Lipinski definition) is 4. The summed E-state index contributed by atoms with van der Waals surface area (Å²) in [7, 11) is 1.91. The molecular formula is C18H21ClN6O. The van der Waals surface area contributed by atoms with Crippen LogP contribution in [-0.2, 0) is 20.1 Å². The smallest absolute Gasteiger partial charge is 0.276 e. The molecule has 0 aliphatic carbocycles. The second-order valence-electron chi connectivity index (χ2n) is 6.41. The van der Waals surface area contributed by atoms with Gasteiger partial charge in [-0.1, -0.05) is 28.9 Å². The zero-order valence-corrected chi connectivity index (χ0v) is 15.8. The minimum absolute atomic E-state index is 0.0114. The zero-order chi connectivity index (χ0) is 18.7. The first kappa shape index (κ1) is 18.1. The van der Waals surface area contributed by atoms with Crippen molar-refractivity contribution in [2.75, 3.05) is 0 Å². The van der Waals surface area contributed by atoms with Gasteiger partial charge in [0.1, 0.15) is 5.82 Å². The van der Waals surface area contributed by atoms with Crippen LogP contribution in [0.2, 0.25) is 5.02 Å². The SMILES string of the molecule is CC(C)N(Cc1nccn1C)C(=O)c1cn(Cc2cccc(Cl)c2)nn1. The van der Waals surface area contributed by atoms with E-state index in [1.165, 1.54) is 0 Å². The summed E-state index contributed by atoms with van der Waals surface area (Å²) in [6.45, 7) is 4.86. The van der Waals surface area contributed by atoms with Gasteiger partial charge in [-0.3, -0.25) is 4.79 Å². The fourth-order valence-corrected chi connectivity index (χ4v) is 2.85. The topological polar surface area (TPSA) is 68.8 Å². The first-order chi connectivity index (χ1) is 12.4. The highest BCUT2D eigenvalue weighted by Gasteiger charge is 2.23. The van der Waals surface area contributed by atoms with Crippen LogP contribution in [0.15, 0.2) is 42.9 Å². The Bertz CT molecular complexity index is 900. The number of carbonyl (C=O) groups is 1. The quantitative estimate of drug-likeness (QED) is 0.667. The summed E-state index contributed by atoms with van der Waals surface area (Å²) >= 11 is 6.01. The van der Waals surface area contributed by atoms with Crippen LogP contribution in [0.1, 0.15) is 35.7 Å². The van der Waals surface area contributed by atoms with Crippen molar-refractivity contribution in [2.45, 2.75) is 33.0 Å². The van der Waals surface area contributed by atoms with Crippen molar-refractivity contribution >= 4 is 17.5 Å². The first-order valence-electron chi connectivity index (χ1n) is 8.36. The fourth-order valence-electron chi connectivity index (χ4n) is 2.63. The molecule has 26 heavy (non-hydrogen) atoms. The molecule has 136 valence electrons. The zero-order valence-electron chi connectivity index (χ0n) is 15.0. The van der Waals surface area contributed by atoms with Gasteiger partial charge in [0, 0.05) is 30.5 Å². The van der Waals surface area contributed by atoms with Crippen molar-refractivity contribution in [2.24, 2.45) is 7.05 Å². The molecule has 3 aromatic rings. The van der Waals surface area contributed by atoms with Crippen LogP contribution in [0.25, 0.3) is 0 Å². The second-order valence-corrected chi connectivity index (χ2v) is 6.85. The summed E-state index contributed by atoms with van der Waals surface area (Å²) < 4.78 is 3.54. The van der Waals surface area contributed by atoms with E-state index in [1.807, 2.05) is 55.9 Å². The van der Waals surface area contributed by atoms with Gasteiger partial charge in [-0.25, -0.2) is 9.67 Å². The molecule has 1 aromatic carbocycles. The molecule has 2 aromatic heterocycles. The lowest BCUT2D eigenvalue weighted by Crippen LogP contribution is -2.37. The molecule has 8 heteroatoms. The number of aromatic nitrogens is 5. The Balaban J connectivity index is 1.75. The average Bonchev–Trinajstić information content (AvgIpc) is 3.21. The Labute approximate surface area is 157 Å². The minimum Gasteiger partial charge on any atom is -0.337 e. The molecule has 0 fully saturated rings. The second kappa shape index (κ2) is 7.70. The molecule has 0 N–H and O–H groups in total. The lowest BCUT2D eigenvalue weighted by Gasteiger charge is -2.25. The molecule has 1 amide bonds. The Kier molecular flexibility index (Phi) is 5.37. The molecule has 3 rings (SSSR count). The Morgan fingerprint density at radius 1 is 1.35 bits per heavy atom. The molecule has 0 unspecified atom stereocenters. The largest absolute Gasteiger partial charge is 0.337 e. The highest BCUT2D eigenvalue weighted by Crippen LogP contribution is 2.13. The van der Waals surface area contributed by atoms with E-state index in [4.69, 9.17) is 11.6 Å². The first-order valence-corrected chi connectivity index (χ1v) is 8.73. The van der Waals surface area contributed by atoms with Crippen molar-refractivity contribution < 1.29 is 4.79 Å². The van der Waals surface area contributed by atoms with E-state index in [0.717, 1.165) is 11.4 Å². The number of hydrogen-bond donors (Lipinski definition) is 0. The van der Waals surface area contributed by atoms with E-state index in [2.05, 4.69) is 15.3 Å². The predicted octanol–water partition coefficient (Wildman–Crippen LogP) is 2.76. The molecule has 0 radical (unpaired) electrons. The maximum atomic E-state index is 12.9. The number of halogens is 1. The highest BCUT2D eigenvalue weighted by molar-refractivity contribution is 6.30. The molecule has 0 spiro atoms. The van der Waals surface area contributed by atoms with Gasteiger partial charge < -0.3 is 9.47 Å². The lowest BCUT2D eigenvalue weighted by atomic mass is 10.2. The van der Waals surface area contributed by atoms with Crippen LogP contribution in [0.5, 0.6) is 0 Å². The molecule has 7 nitrogen and oxygen atoms in total. The third-order valence-corrected chi connectivity index (χ3v) is 4.34. The number of amides is 1. The summed E-state index contributed by atoms with van der Waals surface area (Å²) in [5.41, 5.74) is 1.31. The highest BCUT2D eigenvalue weighted by atomic mass is 35.5. The molecule has 0 saturated heterocycles. The summed E-state index contributed by atoms with van der Waals surface area (Å²) in [5.74, 6) is 0.652. The maximum absolute atomic E-state index is 12.9. The van der Waals surface area contributed by atoms with Gasteiger partial charge in [-0.2, -0.15) is 0 Å². The number of nitrogens with zero attached hydrogens (tertiary/aromatic N) is 6. The number of imidazole rings is 1. The molecule has 2 heterocycles. The molecule has 0 saturated carbocycles. The van der Waals surface area contributed by atoms with Gasteiger partial charge in [0.25, 0.3) is 5.91 Å². The number of carbonyl (C=O) groups excluding carboxylic acids is 1. The molecular weight excluding hydrogens is 352 g/mol. The standard InChI is InChI=1S/C18H21ClN6O/c1-13(2)25(12-17-20-7-8-23(17)3)18(26)16-11-24(22-21-16)10-14-5-4-6-15(19)9-14/h4-9,11,13H,10,12H2,1-3H3. The van der Waals surface area contributed by atoms with Crippen molar-refractivity contribution in [3.05, 3.63) is 65.0 Å². The summed E-state index contributed by atoms with van der Waals surface area (Å²) in [4.78, 5) is 18.9. The van der Waals surface area contributed by atoms with Crippen LogP contribution in [0, 0.1) is 0 Å². The number of aryl methyl sites for hydroxylation is 1. The minimum atomic E-state index is -0.166.